The molecule has 7 nitrogen and oxygen atoms in total. The minimum absolute atomic E-state index is 0.0245. The van der Waals surface area contributed by atoms with E-state index in [1.165, 1.54) is 16.3 Å². The highest BCUT2D eigenvalue weighted by molar-refractivity contribution is 8.26. The summed E-state index contributed by atoms with van der Waals surface area (Å²) < 4.78 is 7.73. The first kappa shape index (κ1) is 21.1. The van der Waals surface area contributed by atoms with E-state index in [4.69, 9.17) is 17.0 Å². The second-order valence-electron chi connectivity index (χ2n) is 7.83. The van der Waals surface area contributed by atoms with Gasteiger partial charge in [-0.3, -0.25) is 19.1 Å². The van der Waals surface area contributed by atoms with Crippen molar-refractivity contribution in [1.82, 2.24) is 9.47 Å². The van der Waals surface area contributed by atoms with Crippen molar-refractivity contribution in [3.63, 3.8) is 0 Å². The van der Waals surface area contributed by atoms with E-state index in [1.807, 2.05) is 6.07 Å². The molecule has 30 heavy (non-hydrogen) atoms. The standard InChI is InChI=1S/C21H24N4O3S2/c1-13-15(18(24-7-3-4-8-24)23(2)19(26)16(13)11-22)10-17-20(27)25(21(29)30-17)12-14-6-5-9-28-14/h10,14H,3-9,12H2,1-2H3. The number of ether oxygens (including phenoxy) is 1. The Morgan fingerprint density at radius 1 is 1.30 bits per heavy atom. The molecule has 4 heterocycles. The number of nitrogens with zero attached hydrogens (tertiary/aromatic N) is 4. The molecule has 9 heteroatoms. The Hall–Kier alpha value is -2.15. The van der Waals surface area contributed by atoms with Gasteiger partial charge in [0.15, 0.2) is 0 Å². The van der Waals surface area contributed by atoms with Crippen molar-refractivity contribution in [3.8, 4) is 6.07 Å². The zero-order valence-electron chi connectivity index (χ0n) is 17.1. The van der Waals surface area contributed by atoms with Crippen molar-refractivity contribution in [2.24, 2.45) is 7.05 Å². The first-order valence-corrected chi connectivity index (χ1v) is 11.4. The van der Waals surface area contributed by atoms with Gasteiger partial charge in [0.1, 0.15) is 21.8 Å². The number of hydrogen-bond acceptors (Lipinski definition) is 7. The van der Waals surface area contributed by atoms with E-state index < -0.39 is 0 Å². The largest absolute Gasteiger partial charge is 0.376 e. The van der Waals surface area contributed by atoms with Gasteiger partial charge in [0.25, 0.3) is 11.5 Å². The van der Waals surface area contributed by atoms with Crippen LogP contribution < -0.4 is 10.5 Å². The number of pyridine rings is 1. The molecule has 0 bridgehead atoms. The average Bonchev–Trinajstić information content (AvgIpc) is 3.47. The van der Waals surface area contributed by atoms with Crippen LogP contribution in [0.15, 0.2) is 9.70 Å². The third-order valence-corrected chi connectivity index (χ3v) is 7.31. The van der Waals surface area contributed by atoms with Crippen molar-refractivity contribution in [2.75, 3.05) is 31.1 Å². The van der Waals surface area contributed by atoms with Gasteiger partial charge >= 0.3 is 0 Å². The number of hydrogen-bond donors (Lipinski definition) is 0. The van der Waals surface area contributed by atoms with Crippen molar-refractivity contribution in [2.45, 2.75) is 38.7 Å². The molecular formula is C21H24N4O3S2. The summed E-state index contributed by atoms with van der Waals surface area (Å²) in [5.41, 5.74) is 1.15. The molecule has 0 radical (unpaired) electrons. The van der Waals surface area contributed by atoms with Crippen LogP contribution in [0.3, 0.4) is 0 Å². The Kier molecular flexibility index (Phi) is 6.00. The van der Waals surface area contributed by atoms with E-state index >= 15 is 0 Å². The summed E-state index contributed by atoms with van der Waals surface area (Å²) in [4.78, 5) is 30.1. The Bertz CT molecular complexity index is 1030. The van der Waals surface area contributed by atoms with Crippen LogP contribution in [0.5, 0.6) is 0 Å². The molecule has 1 atom stereocenters. The Morgan fingerprint density at radius 3 is 2.67 bits per heavy atom. The summed E-state index contributed by atoms with van der Waals surface area (Å²) in [6.45, 7) is 4.66. The first-order chi connectivity index (χ1) is 14.4. The van der Waals surface area contributed by atoms with Gasteiger partial charge < -0.3 is 9.64 Å². The van der Waals surface area contributed by atoms with E-state index in [0.717, 1.165) is 56.8 Å². The molecule has 1 amide bonds. The van der Waals surface area contributed by atoms with Crippen molar-refractivity contribution >= 4 is 46.1 Å². The van der Waals surface area contributed by atoms with Crippen LogP contribution in [0, 0.1) is 18.3 Å². The predicted octanol–water partition coefficient (Wildman–Crippen LogP) is 2.55. The number of aromatic nitrogens is 1. The van der Waals surface area contributed by atoms with Crippen LogP contribution in [0.25, 0.3) is 6.08 Å². The molecule has 3 saturated heterocycles. The van der Waals surface area contributed by atoms with E-state index in [9.17, 15) is 14.9 Å². The lowest BCUT2D eigenvalue weighted by molar-refractivity contribution is -0.123. The molecule has 1 aromatic heterocycles. The van der Waals surface area contributed by atoms with Crippen molar-refractivity contribution < 1.29 is 9.53 Å². The SMILES string of the molecule is Cc1c(C=C2SC(=S)N(CC3CCCO3)C2=O)c(N2CCCC2)n(C)c(=O)c1C#N. The number of amides is 1. The third-order valence-electron chi connectivity index (χ3n) is 5.93. The normalized spacial score (nSPS) is 23.1. The predicted molar refractivity (Wildman–Crippen MR) is 121 cm³/mol. The molecule has 0 spiro atoms. The second kappa shape index (κ2) is 8.53. The lowest BCUT2D eigenvalue weighted by atomic mass is 10.0. The van der Waals surface area contributed by atoms with Crippen LogP contribution in [-0.4, -0.2) is 52.0 Å². The minimum atomic E-state index is -0.306. The van der Waals surface area contributed by atoms with Gasteiger partial charge in [0.05, 0.1) is 17.6 Å². The number of thioether (sulfide) groups is 1. The summed E-state index contributed by atoms with van der Waals surface area (Å²) >= 11 is 6.74. The monoisotopic (exact) mass is 444 g/mol. The van der Waals surface area contributed by atoms with Crippen LogP contribution in [0.1, 0.15) is 42.4 Å². The van der Waals surface area contributed by atoms with Crippen LogP contribution >= 0.6 is 24.0 Å². The minimum Gasteiger partial charge on any atom is -0.376 e. The molecule has 0 aromatic carbocycles. The Morgan fingerprint density at radius 2 is 2.03 bits per heavy atom. The lowest BCUT2D eigenvalue weighted by Gasteiger charge is -2.25. The highest BCUT2D eigenvalue weighted by Gasteiger charge is 2.35. The third kappa shape index (κ3) is 3.68. The van der Waals surface area contributed by atoms with Crippen molar-refractivity contribution in [1.29, 1.82) is 5.26 Å². The summed E-state index contributed by atoms with van der Waals surface area (Å²) in [6, 6.07) is 2.04. The number of thiocarbonyl (C=S) groups is 1. The molecule has 0 aliphatic carbocycles. The number of anilines is 1. The number of carbonyl (C=O) groups excluding carboxylic acids is 1. The maximum atomic E-state index is 13.1. The zero-order chi connectivity index (χ0) is 21.4. The Balaban J connectivity index is 1.76. The summed E-state index contributed by atoms with van der Waals surface area (Å²) in [7, 11) is 1.69. The fourth-order valence-electron chi connectivity index (χ4n) is 4.30. The zero-order valence-corrected chi connectivity index (χ0v) is 18.8. The first-order valence-electron chi connectivity index (χ1n) is 10.2. The summed E-state index contributed by atoms with van der Waals surface area (Å²) in [5, 5.41) is 9.55. The van der Waals surface area contributed by atoms with Gasteiger partial charge in [-0.15, -0.1) is 0 Å². The molecule has 0 saturated carbocycles. The van der Waals surface area contributed by atoms with E-state index in [0.29, 0.717) is 21.3 Å². The van der Waals surface area contributed by atoms with E-state index in [-0.39, 0.29) is 23.1 Å². The molecule has 1 aromatic rings. The maximum Gasteiger partial charge on any atom is 0.270 e. The van der Waals surface area contributed by atoms with Crippen LogP contribution in [-0.2, 0) is 16.6 Å². The number of nitriles is 1. The highest BCUT2D eigenvalue weighted by atomic mass is 32.2. The molecule has 158 valence electrons. The van der Waals surface area contributed by atoms with Gasteiger partial charge in [0.2, 0.25) is 0 Å². The van der Waals surface area contributed by atoms with E-state index in [2.05, 4.69) is 4.90 Å². The van der Waals surface area contributed by atoms with Gasteiger partial charge in [-0.25, -0.2) is 0 Å². The van der Waals surface area contributed by atoms with Gasteiger partial charge in [-0.05, 0) is 44.2 Å². The van der Waals surface area contributed by atoms with Crippen LogP contribution in [0.4, 0.5) is 5.82 Å². The molecule has 3 aliphatic heterocycles. The highest BCUT2D eigenvalue weighted by Crippen LogP contribution is 2.36. The Labute approximate surface area is 185 Å². The molecule has 1 unspecified atom stereocenters. The molecule has 0 N–H and O–H groups in total. The fraction of sp³-hybridized carbons (Fsp3) is 0.524. The quantitative estimate of drug-likeness (QED) is 0.522. The topological polar surface area (TPSA) is 78.6 Å². The summed E-state index contributed by atoms with van der Waals surface area (Å²) in [5.74, 6) is 0.623. The molecule has 4 rings (SSSR count). The number of rotatable bonds is 4. The smallest absolute Gasteiger partial charge is 0.270 e. The van der Waals surface area contributed by atoms with Gasteiger partial charge in [0, 0.05) is 32.3 Å². The lowest BCUT2D eigenvalue weighted by Crippen LogP contribution is -2.35. The fourth-order valence-corrected chi connectivity index (χ4v) is 5.56. The number of carbonyl (C=O) groups is 1. The van der Waals surface area contributed by atoms with Crippen LogP contribution in [0.2, 0.25) is 0 Å². The molecule has 3 aliphatic rings. The summed E-state index contributed by atoms with van der Waals surface area (Å²) in [6.07, 6.45) is 5.87. The van der Waals surface area contributed by atoms with Gasteiger partial charge in [-0.2, -0.15) is 5.26 Å². The van der Waals surface area contributed by atoms with Gasteiger partial charge in [-0.1, -0.05) is 24.0 Å². The second-order valence-corrected chi connectivity index (χ2v) is 9.51. The molecular weight excluding hydrogens is 420 g/mol. The van der Waals surface area contributed by atoms with Crippen molar-refractivity contribution in [3.05, 3.63) is 31.9 Å². The average molecular weight is 445 g/mol. The van der Waals surface area contributed by atoms with E-state index in [1.54, 1.807) is 24.9 Å². The maximum absolute atomic E-state index is 13.1. The molecule has 3 fully saturated rings.